The molecule has 6 heteroatoms. The Morgan fingerprint density at radius 3 is 1.08 bits per heavy atom. The van der Waals surface area contributed by atoms with E-state index in [1.165, 1.54) is 257 Å². The van der Waals surface area contributed by atoms with Crippen LogP contribution in [-0.2, 0) is 14.3 Å². The van der Waals surface area contributed by atoms with Crippen LogP contribution in [0.25, 0.3) is 0 Å². The molecule has 3 N–H and O–H groups in total. The van der Waals surface area contributed by atoms with E-state index in [9.17, 15) is 19.8 Å². The van der Waals surface area contributed by atoms with Gasteiger partial charge in [0.05, 0.1) is 25.4 Å². The first-order chi connectivity index (χ1) is 32.5. The van der Waals surface area contributed by atoms with E-state index in [2.05, 4.69) is 31.3 Å². The number of carbonyl (C=O) groups excluding carboxylic acids is 2. The van der Waals surface area contributed by atoms with Gasteiger partial charge in [-0.25, -0.2) is 0 Å². The Bertz CT molecular complexity index is 986. The molecule has 0 saturated heterocycles. The number of hydrogen-bond acceptors (Lipinski definition) is 5. The van der Waals surface area contributed by atoms with Crippen LogP contribution >= 0.6 is 0 Å². The summed E-state index contributed by atoms with van der Waals surface area (Å²) < 4.78 is 5.49. The zero-order chi connectivity index (χ0) is 47.9. The van der Waals surface area contributed by atoms with Gasteiger partial charge < -0.3 is 20.3 Å². The smallest absolute Gasteiger partial charge is 0.305 e. The molecule has 0 aliphatic rings. The van der Waals surface area contributed by atoms with Crippen molar-refractivity contribution >= 4 is 11.9 Å². The molecule has 6 nitrogen and oxygen atoms in total. The molecule has 66 heavy (non-hydrogen) atoms. The van der Waals surface area contributed by atoms with E-state index in [1.54, 1.807) is 0 Å². The maximum absolute atomic E-state index is 12.5. The molecule has 0 fully saturated rings. The molecule has 0 aromatic heterocycles. The van der Waals surface area contributed by atoms with Gasteiger partial charge in [0, 0.05) is 12.8 Å². The highest BCUT2D eigenvalue weighted by Gasteiger charge is 2.20. The van der Waals surface area contributed by atoms with Crippen LogP contribution in [-0.4, -0.2) is 47.4 Å². The Balaban J connectivity index is 3.39. The predicted octanol–water partition coefficient (Wildman–Crippen LogP) is 18.5. The molecule has 0 spiro atoms. The monoisotopic (exact) mass is 932 g/mol. The molecule has 392 valence electrons. The van der Waals surface area contributed by atoms with Gasteiger partial charge >= 0.3 is 5.97 Å². The number of hydrogen-bond donors (Lipinski definition) is 3. The second-order valence-corrected chi connectivity index (χ2v) is 20.7. The number of unbranched alkanes of at least 4 members (excludes halogenated alkanes) is 43. The van der Waals surface area contributed by atoms with Crippen molar-refractivity contribution in [1.82, 2.24) is 5.32 Å². The lowest BCUT2D eigenvalue weighted by molar-refractivity contribution is -0.143. The van der Waals surface area contributed by atoms with Gasteiger partial charge in [0.25, 0.3) is 0 Å². The Kier molecular flexibility index (Phi) is 55.0. The van der Waals surface area contributed by atoms with Crippen LogP contribution in [0.15, 0.2) is 12.2 Å². The summed E-state index contributed by atoms with van der Waals surface area (Å²) in [5.74, 6) is -0.0364. The van der Waals surface area contributed by atoms with Gasteiger partial charge in [-0.3, -0.25) is 9.59 Å². The summed E-state index contributed by atoms with van der Waals surface area (Å²) in [6.07, 6.45) is 66.3. The molecule has 0 heterocycles. The van der Waals surface area contributed by atoms with Crippen molar-refractivity contribution < 1.29 is 24.5 Å². The van der Waals surface area contributed by atoms with Crippen LogP contribution in [0, 0.1) is 0 Å². The number of esters is 1. The van der Waals surface area contributed by atoms with Crippen LogP contribution in [0.5, 0.6) is 0 Å². The molecule has 0 bridgehead atoms. The zero-order valence-corrected chi connectivity index (χ0v) is 44.7. The standard InChI is InChI=1S/C60H117NO5/c1-3-5-7-9-11-13-15-17-19-20-21-22-26-30-34-38-42-46-50-54-60(65)66-55-51-47-43-39-35-31-27-24-23-25-29-33-37-41-45-49-53-59(64)61-57(56-62)58(63)52-48-44-40-36-32-28-18-16-14-12-10-8-6-4-2/h17,19,57-58,62-63H,3-16,18,20-56H2,1-2H3,(H,61,64)/b19-17-. The molecule has 0 aliphatic heterocycles. The number of ether oxygens (including phenoxy) is 1. The number of allylic oxidation sites excluding steroid dienone is 2. The van der Waals surface area contributed by atoms with E-state index >= 15 is 0 Å². The third-order valence-electron chi connectivity index (χ3n) is 14.1. The summed E-state index contributed by atoms with van der Waals surface area (Å²) in [4.78, 5) is 24.6. The number of nitrogens with one attached hydrogen (secondary N) is 1. The van der Waals surface area contributed by atoms with Gasteiger partial charge in [-0.2, -0.15) is 0 Å². The van der Waals surface area contributed by atoms with Crippen molar-refractivity contribution in [3.8, 4) is 0 Å². The fourth-order valence-electron chi connectivity index (χ4n) is 9.46. The molecule has 0 rings (SSSR count). The van der Waals surface area contributed by atoms with Crippen molar-refractivity contribution in [2.45, 2.75) is 347 Å². The average Bonchev–Trinajstić information content (AvgIpc) is 3.32. The average molecular weight is 933 g/mol. The van der Waals surface area contributed by atoms with Gasteiger partial charge in [0.15, 0.2) is 0 Å². The largest absolute Gasteiger partial charge is 0.466 e. The summed E-state index contributed by atoms with van der Waals surface area (Å²) >= 11 is 0. The van der Waals surface area contributed by atoms with Crippen LogP contribution in [0.1, 0.15) is 335 Å². The van der Waals surface area contributed by atoms with E-state index < -0.39 is 12.1 Å². The molecule has 0 radical (unpaired) electrons. The van der Waals surface area contributed by atoms with Gasteiger partial charge in [0.2, 0.25) is 5.91 Å². The SMILES string of the molecule is CCCCCCCC/C=C\CCCCCCCCCCCC(=O)OCCCCCCCCCCCCCCCCCCC(=O)NC(CO)C(O)CCCCCCCCCCCCCCCC. The number of aliphatic hydroxyl groups excluding tert-OH is 2. The molecule has 2 unspecified atom stereocenters. The number of amides is 1. The lowest BCUT2D eigenvalue weighted by Crippen LogP contribution is -2.45. The second-order valence-electron chi connectivity index (χ2n) is 20.7. The highest BCUT2D eigenvalue weighted by molar-refractivity contribution is 5.76. The minimum Gasteiger partial charge on any atom is -0.466 e. The lowest BCUT2D eigenvalue weighted by Gasteiger charge is -2.22. The molecule has 1 amide bonds. The Labute approximate surface area is 412 Å². The molecule has 0 aliphatic carbocycles. The van der Waals surface area contributed by atoms with E-state index in [-0.39, 0.29) is 18.5 Å². The number of aliphatic hydroxyl groups is 2. The molecular formula is C60H117NO5. The van der Waals surface area contributed by atoms with Gasteiger partial charge in [-0.05, 0) is 51.4 Å². The quantitative estimate of drug-likeness (QED) is 0.0321. The summed E-state index contributed by atoms with van der Waals surface area (Å²) in [5.41, 5.74) is 0. The first-order valence-electron chi connectivity index (χ1n) is 29.9. The third-order valence-corrected chi connectivity index (χ3v) is 14.1. The number of rotatable bonds is 56. The molecular weight excluding hydrogens is 815 g/mol. The molecule has 0 aromatic carbocycles. The summed E-state index contributed by atoms with van der Waals surface area (Å²) in [6, 6.07) is -0.545. The van der Waals surface area contributed by atoms with Crippen molar-refractivity contribution in [2.75, 3.05) is 13.2 Å². The topological polar surface area (TPSA) is 95.9 Å². The maximum atomic E-state index is 12.5. The first-order valence-corrected chi connectivity index (χ1v) is 29.9. The van der Waals surface area contributed by atoms with Crippen LogP contribution < -0.4 is 5.32 Å². The van der Waals surface area contributed by atoms with Gasteiger partial charge in [0.1, 0.15) is 0 Å². The normalized spacial score (nSPS) is 12.6. The van der Waals surface area contributed by atoms with Crippen molar-refractivity contribution in [3.63, 3.8) is 0 Å². The predicted molar refractivity (Wildman–Crippen MR) is 287 cm³/mol. The van der Waals surface area contributed by atoms with Crippen LogP contribution in [0.3, 0.4) is 0 Å². The van der Waals surface area contributed by atoms with E-state index in [0.29, 0.717) is 25.9 Å². The fourth-order valence-corrected chi connectivity index (χ4v) is 9.46. The van der Waals surface area contributed by atoms with E-state index in [0.717, 1.165) is 44.9 Å². The van der Waals surface area contributed by atoms with Crippen molar-refractivity contribution in [1.29, 1.82) is 0 Å². The van der Waals surface area contributed by atoms with Crippen molar-refractivity contribution in [3.05, 3.63) is 12.2 Å². The van der Waals surface area contributed by atoms with Crippen LogP contribution in [0.4, 0.5) is 0 Å². The second kappa shape index (κ2) is 56.2. The summed E-state index contributed by atoms with van der Waals surface area (Å²) in [5, 5.41) is 23.3. The number of carbonyl (C=O) groups is 2. The van der Waals surface area contributed by atoms with Crippen molar-refractivity contribution in [2.24, 2.45) is 0 Å². The van der Waals surface area contributed by atoms with E-state index in [4.69, 9.17) is 4.74 Å². The third kappa shape index (κ3) is 52.0. The Hall–Kier alpha value is -1.40. The zero-order valence-electron chi connectivity index (χ0n) is 44.7. The van der Waals surface area contributed by atoms with E-state index in [1.807, 2.05) is 0 Å². The van der Waals surface area contributed by atoms with Crippen LogP contribution in [0.2, 0.25) is 0 Å². The molecule has 0 saturated carbocycles. The first kappa shape index (κ1) is 64.6. The highest BCUT2D eigenvalue weighted by Crippen LogP contribution is 2.18. The highest BCUT2D eigenvalue weighted by atomic mass is 16.5. The maximum Gasteiger partial charge on any atom is 0.305 e. The molecule has 0 aromatic rings. The fraction of sp³-hybridized carbons (Fsp3) is 0.933. The summed E-state index contributed by atoms with van der Waals surface area (Å²) in [7, 11) is 0. The Morgan fingerprint density at radius 1 is 0.409 bits per heavy atom. The van der Waals surface area contributed by atoms with Gasteiger partial charge in [-0.1, -0.05) is 283 Å². The lowest BCUT2D eigenvalue weighted by atomic mass is 10.0. The van der Waals surface area contributed by atoms with Gasteiger partial charge in [-0.15, -0.1) is 0 Å². The minimum atomic E-state index is -0.668. The summed E-state index contributed by atoms with van der Waals surface area (Å²) in [6.45, 7) is 4.95. The minimum absolute atomic E-state index is 0.00350. The Morgan fingerprint density at radius 2 is 0.712 bits per heavy atom. The molecule has 2 atom stereocenters.